The minimum Gasteiger partial charge on any atom is -0.341 e. The molecule has 2 heterocycles. The maximum absolute atomic E-state index is 10.9. The Morgan fingerprint density at radius 2 is 1.41 bits per heavy atom. The van der Waals surface area contributed by atoms with E-state index in [0.717, 1.165) is 32.4 Å². The first-order valence-electron chi connectivity index (χ1n) is 10.5. The van der Waals surface area contributed by atoms with Gasteiger partial charge in [0.25, 0.3) is 11.4 Å². The van der Waals surface area contributed by atoms with Gasteiger partial charge >= 0.3 is 0 Å². The molecule has 0 bridgehead atoms. The van der Waals surface area contributed by atoms with Gasteiger partial charge in [0.05, 0.1) is 16.1 Å². The fraction of sp³-hybridized carbons (Fsp3) is 0.238. The highest BCUT2D eigenvalue weighted by molar-refractivity contribution is 5.80. The molecule has 3 aromatic rings. The molecule has 1 aromatic heterocycles. The number of nitro groups is 2. The summed E-state index contributed by atoms with van der Waals surface area (Å²) in [6.45, 7) is 1.65. The number of nitro benzene ring substituents is 2. The summed E-state index contributed by atoms with van der Waals surface area (Å²) in [5.74, 6) is 0.961. The van der Waals surface area contributed by atoms with Gasteiger partial charge in [0.15, 0.2) is 0 Å². The molecule has 1 saturated heterocycles. The highest BCUT2D eigenvalue weighted by atomic mass is 16.6. The standard InChI is InChI=1S/C21H21N9O4/c31-29(32)17-8-4-15(5-9-17)14-22-27-20-24-19(23-16-6-10-18(11-7-16)30(33)34)25-21(26-20)28-12-2-1-3-13-28/h4-11,14H,1-3,12-13H2,(H2,23,24,25,26,27)/b22-14-. The molecule has 1 aliphatic heterocycles. The highest BCUT2D eigenvalue weighted by Gasteiger charge is 2.16. The van der Waals surface area contributed by atoms with Crippen LogP contribution < -0.4 is 15.6 Å². The Hall–Kier alpha value is -4.68. The highest BCUT2D eigenvalue weighted by Crippen LogP contribution is 2.22. The molecule has 0 spiro atoms. The number of nitrogens with one attached hydrogen (secondary N) is 2. The molecule has 0 amide bonds. The first-order valence-corrected chi connectivity index (χ1v) is 10.5. The minimum atomic E-state index is -0.467. The van der Waals surface area contributed by atoms with Crippen LogP contribution in [-0.4, -0.2) is 44.1 Å². The third-order valence-corrected chi connectivity index (χ3v) is 5.08. The summed E-state index contributed by atoms with van der Waals surface area (Å²) in [6, 6.07) is 11.9. The topological polar surface area (TPSA) is 165 Å². The quantitative estimate of drug-likeness (QED) is 0.284. The van der Waals surface area contributed by atoms with Crippen LogP contribution in [0.1, 0.15) is 24.8 Å². The summed E-state index contributed by atoms with van der Waals surface area (Å²) in [4.78, 5) is 36.1. The average molecular weight is 463 g/mol. The zero-order valence-electron chi connectivity index (χ0n) is 18.0. The van der Waals surface area contributed by atoms with Crippen molar-refractivity contribution >= 4 is 41.1 Å². The van der Waals surface area contributed by atoms with Crippen LogP contribution in [-0.2, 0) is 0 Å². The fourth-order valence-corrected chi connectivity index (χ4v) is 3.35. The second-order valence-electron chi connectivity index (χ2n) is 7.48. The van der Waals surface area contributed by atoms with Crippen molar-refractivity contribution in [1.29, 1.82) is 0 Å². The smallest absolute Gasteiger partial charge is 0.269 e. The van der Waals surface area contributed by atoms with E-state index in [4.69, 9.17) is 0 Å². The molecular formula is C21H21N9O4. The number of benzene rings is 2. The molecule has 2 N–H and O–H groups in total. The van der Waals surface area contributed by atoms with Crippen molar-refractivity contribution in [2.24, 2.45) is 5.10 Å². The number of hydrogen-bond donors (Lipinski definition) is 2. The van der Waals surface area contributed by atoms with Gasteiger partial charge in [0.2, 0.25) is 17.8 Å². The van der Waals surface area contributed by atoms with Crippen molar-refractivity contribution in [2.45, 2.75) is 19.3 Å². The van der Waals surface area contributed by atoms with Crippen LogP contribution in [0.25, 0.3) is 0 Å². The Labute approximate surface area is 193 Å². The Morgan fingerprint density at radius 3 is 2.03 bits per heavy atom. The van der Waals surface area contributed by atoms with Gasteiger partial charge in [0, 0.05) is 43.0 Å². The van der Waals surface area contributed by atoms with Crippen LogP contribution in [0.5, 0.6) is 0 Å². The van der Waals surface area contributed by atoms with Crippen LogP contribution in [0.3, 0.4) is 0 Å². The van der Waals surface area contributed by atoms with E-state index in [1.165, 1.54) is 30.5 Å². The third-order valence-electron chi connectivity index (χ3n) is 5.08. The van der Waals surface area contributed by atoms with Crippen molar-refractivity contribution in [2.75, 3.05) is 28.7 Å². The lowest BCUT2D eigenvalue weighted by molar-refractivity contribution is -0.385. The normalized spacial score (nSPS) is 13.6. The van der Waals surface area contributed by atoms with E-state index in [9.17, 15) is 20.2 Å². The Kier molecular flexibility index (Phi) is 6.81. The zero-order chi connectivity index (χ0) is 23.9. The van der Waals surface area contributed by atoms with Crippen molar-refractivity contribution in [3.8, 4) is 0 Å². The first kappa shape index (κ1) is 22.5. The molecule has 1 aliphatic rings. The van der Waals surface area contributed by atoms with Crippen molar-refractivity contribution in [3.05, 3.63) is 74.3 Å². The van der Waals surface area contributed by atoms with Crippen LogP contribution in [0, 0.1) is 20.2 Å². The summed E-state index contributed by atoms with van der Waals surface area (Å²) in [5, 5.41) is 28.8. The van der Waals surface area contributed by atoms with Crippen LogP contribution in [0.2, 0.25) is 0 Å². The Morgan fingerprint density at radius 1 is 0.824 bits per heavy atom. The van der Waals surface area contributed by atoms with Gasteiger partial charge < -0.3 is 10.2 Å². The molecule has 0 saturated carbocycles. The average Bonchev–Trinajstić information content (AvgIpc) is 2.85. The molecule has 174 valence electrons. The largest absolute Gasteiger partial charge is 0.341 e. The number of piperidine rings is 1. The van der Waals surface area contributed by atoms with Crippen LogP contribution in [0.15, 0.2) is 53.6 Å². The van der Waals surface area contributed by atoms with E-state index >= 15 is 0 Å². The van der Waals surface area contributed by atoms with Gasteiger partial charge in [-0.1, -0.05) is 0 Å². The molecule has 34 heavy (non-hydrogen) atoms. The number of hydrazone groups is 1. The monoisotopic (exact) mass is 463 g/mol. The van der Waals surface area contributed by atoms with E-state index in [0.29, 0.717) is 17.2 Å². The number of anilines is 4. The maximum Gasteiger partial charge on any atom is 0.269 e. The molecule has 0 aliphatic carbocycles. The lowest BCUT2D eigenvalue weighted by atomic mass is 10.1. The molecule has 4 rings (SSSR count). The predicted octanol–water partition coefficient (Wildman–Crippen LogP) is 3.87. The maximum atomic E-state index is 10.9. The summed E-state index contributed by atoms with van der Waals surface area (Å²) in [7, 11) is 0. The molecule has 0 atom stereocenters. The number of nitrogens with zero attached hydrogens (tertiary/aromatic N) is 7. The SMILES string of the molecule is O=[N+]([O-])c1ccc(/C=N\Nc2nc(Nc3ccc([N+](=O)[O-])cc3)nc(N3CCCCC3)n2)cc1. The Balaban J connectivity index is 1.54. The predicted molar refractivity (Wildman–Crippen MR) is 127 cm³/mol. The van der Waals surface area contributed by atoms with E-state index in [-0.39, 0.29) is 23.3 Å². The molecule has 0 unspecified atom stereocenters. The van der Waals surface area contributed by atoms with E-state index in [2.05, 4.69) is 35.7 Å². The second kappa shape index (κ2) is 10.3. The molecule has 0 radical (unpaired) electrons. The van der Waals surface area contributed by atoms with Gasteiger partial charge in [-0.25, -0.2) is 5.43 Å². The van der Waals surface area contributed by atoms with Gasteiger partial charge in [0.1, 0.15) is 0 Å². The number of hydrogen-bond acceptors (Lipinski definition) is 11. The number of aromatic nitrogens is 3. The van der Waals surface area contributed by atoms with Crippen LogP contribution in [0.4, 0.5) is 34.9 Å². The number of rotatable bonds is 8. The molecule has 1 fully saturated rings. The van der Waals surface area contributed by atoms with E-state index < -0.39 is 9.85 Å². The molecule has 13 heteroatoms. The minimum absolute atomic E-state index is 0.00397. The summed E-state index contributed by atoms with van der Waals surface area (Å²) in [6.07, 6.45) is 4.73. The molecule has 13 nitrogen and oxygen atoms in total. The lowest BCUT2D eigenvalue weighted by Crippen LogP contribution is -2.31. The van der Waals surface area contributed by atoms with Crippen molar-refractivity contribution in [1.82, 2.24) is 15.0 Å². The second-order valence-corrected chi connectivity index (χ2v) is 7.48. The van der Waals surface area contributed by atoms with Gasteiger partial charge in [-0.2, -0.15) is 20.1 Å². The summed E-state index contributed by atoms with van der Waals surface area (Å²) < 4.78 is 0. The zero-order valence-corrected chi connectivity index (χ0v) is 18.0. The fourth-order valence-electron chi connectivity index (χ4n) is 3.35. The van der Waals surface area contributed by atoms with Gasteiger partial charge in [-0.15, -0.1) is 0 Å². The molecular weight excluding hydrogens is 442 g/mol. The summed E-state index contributed by atoms with van der Waals surface area (Å²) in [5.41, 5.74) is 4.00. The molecule has 2 aromatic carbocycles. The number of non-ortho nitro benzene ring substituents is 2. The van der Waals surface area contributed by atoms with Gasteiger partial charge in [-0.05, 0) is 49.1 Å². The van der Waals surface area contributed by atoms with E-state index in [1.807, 2.05) is 0 Å². The van der Waals surface area contributed by atoms with Crippen LogP contribution >= 0.6 is 0 Å². The van der Waals surface area contributed by atoms with Crippen molar-refractivity contribution in [3.63, 3.8) is 0 Å². The summed E-state index contributed by atoms with van der Waals surface area (Å²) >= 11 is 0. The van der Waals surface area contributed by atoms with Gasteiger partial charge in [-0.3, -0.25) is 20.2 Å². The van der Waals surface area contributed by atoms with E-state index in [1.54, 1.807) is 24.3 Å². The third kappa shape index (κ3) is 5.76. The van der Waals surface area contributed by atoms with Crippen molar-refractivity contribution < 1.29 is 9.85 Å². The lowest BCUT2D eigenvalue weighted by Gasteiger charge is -2.26. The first-order chi connectivity index (χ1) is 16.5. The Bertz CT molecular complexity index is 1190.